The van der Waals surface area contributed by atoms with Crippen LogP contribution in [0, 0.1) is 20.8 Å². The quantitative estimate of drug-likeness (QED) is 0.733. The summed E-state index contributed by atoms with van der Waals surface area (Å²) in [6, 6.07) is 4.34. The number of rotatable bonds is 1. The lowest BCUT2D eigenvalue weighted by Crippen LogP contribution is -2.33. The largest absolute Gasteiger partial charge is 0.351 e. The molecule has 0 atom stereocenters. The van der Waals surface area contributed by atoms with E-state index >= 15 is 0 Å². The van der Waals surface area contributed by atoms with Crippen molar-refractivity contribution in [1.29, 1.82) is 0 Å². The van der Waals surface area contributed by atoms with Gasteiger partial charge in [-0.1, -0.05) is 12.1 Å². The van der Waals surface area contributed by atoms with Gasteiger partial charge in [-0.15, -0.1) is 0 Å². The van der Waals surface area contributed by atoms with Gasteiger partial charge in [0.1, 0.15) is 0 Å². The fourth-order valence-corrected chi connectivity index (χ4v) is 3.85. The molecule has 0 spiro atoms. The molecule has 1 amide bonds. The Labute approximate surface area is 136 Å². The minimum atomic E-state index is -0.0943. The molecule has 22 heavy (non-hydrogen) atoms. The highest BCUT2D eigenvalue weighted by Gasteiger charge is 2.27. The number of piperidine rings is 1. The number of benzene rings is 1. The predicted molar refractivity (Wildman–Crippen MR) is 94.1 cm³/mol. The first-order chi connectivity index (χ1) is 10.5. The van der Waals surface area contributed by atoms with Crippen molar-refractivity contribution in [3.8, 4) is 0 Å². The molecule has 1 saturated heterocycles. The Balaban J connectivity index is 1.82. The molecule has 0 bridgehead atoms. The Hall–Kier alpha value is -1.55. The summed E-state index contributed by atoms with van der Waals surface area (Å²) in [5.74, 6) is -0.0943. The molecule has 0 N–H and O–H groups in total. The summed E-state index contributed by atoms with van der Waals surface area (Å²) in [5.41, 5.74) is 4.87. The zero-order chi connectivity index (χ0) is 15.7. The van der Waals surface area contributed by atoms with Crippen LogP contribution in [0.2, 0.25) is 0 Å². The van der Waals surface area contributed by atoms with E-state index in [0.717, 1.165) is 28.7 Å². The maximum atomic E-state index is 12.2. The van der Waals surface area contributed by atoms with Crippen LogP contribution in [0.3, 0.4) is 0 Å². The minimum absolute atomic E-state index is 0.0943. The summed E-state index contributed by atoms with van der Waals surface area (Å²) < 4.78 is 0. The van der Waals surface area contributed by atoms with Crippen molar-refractivity contribution in [3.05, 3.63) is 39.3 Å². The van der Waals surface area contributed by atoms with Crippen molar-refractivity contribution in [1.82, 2.24) is 4.90 Å². The van der Waals surface area contributed by atoms with Gasteiger partial charge >= 0.3 is 0 Å². The Bertz CT molecular complexity index is 670. The molecule has 0 aromatic heterocycles. The first-order valence-electron chi connectivity index (χ1n) is 7.90. The average molecular weight is 314 g/mol. The number of amidine groups is 1. The van der Waals surface area contributed by atoms with Crippen LogP contribution in [0.4, 0.5) is 0 Å². The van der Waals surface area contributed by atoms with Gasteiger partial charge in [0.2, 0.25) is 0 Å². The summed E-state index contributed by atoms with van der Waals surface area (Å²) in [6.45, 7) is 8.36. The third-order valence-corrected chi connectivity index (χ3v) is 5.45. The van der Waals surface area contributed by atoms with Gasteiger partial charge in [-0.2, -0.15) is 4.99 Å². The Morgan fingerprint density at radius 3 is 2.45 bits per heavy atom. The molecule has 116 valence electrons. The summed E-state index contributed by atoms with van der Waals surface area (Å²) in [4.78, 5) is 19.4. The lowest BCUT2D eigenvalue weighted by molar-refractivity contribution is -0.113. The normalized spacial score (nSPS) is 20.7. The summed E-state index contributed by atoms with van der Waals surface area (Å²) in [7, 11) is 0. The van der Waals surface area contributed by atoms with Crippen LogP contribution < -0.4 is 0 Å². The topological polar surface area (TPSA) is 32.7 Å². The Kier molecular flexibility index (Phi) is 4.39. The summed E-state index contributed by atoms with van der Waals surface area (Å²) >= 11 is 1.53. The van der Waals surface area contributed by atoms with Crippen molar-refractivity contribution in [2.75, 3.05) is 13.1 Å². The van der Waals surface area contributed by atoms with Gasteiger partial charge in [-0.05, 0) is 80.1 Å². The van der Waals surface area contributed by atoms with E-state index < -0.39 is 0 Å². The molecule has 2 heterocycles. The number of aryl methyl sites for hydroxylation is 3. The molecule has 3 nitrogen and oxygen atoms in total. The van der Waals surface area contributed by atoms with Gasteiger partial charge in [0.25, 0.3) is 5.91 Å². The van der Waals surface area contributed by atoms with Crippen LogP contribution in [-0.4, -0.2) is 29.1 Å². The number of thioether (sulfide) groups is 1. The van der Waals surface area contributed by atoms with E-state index in [9.17, 15) is 4.79 Å². The lowest BCUT2D eigenvalue weighted by atomic mass is 10.0. The first kappa shape index (κ1) is 15.3. The van der Waals surface area contributed by atoms with E-state index in [4.69, 9.17) is 0 Å². The zero-order valence-corrected chi connectivity index (χ0v) is 14.3. The molecule has 1 fully saturated rings. The van der Waals surface area contributed by atoms with Crippen LogP contribution in [-0.2, 0) is 4.79 Å². The SMILES string of the molecule is Cc1cc(C)c(/C=C2\SC(N3CCCCC3)=NC2=O)cc1C. The number of carbonyl (C=O) groups excluding carboxylic acids is 1. The smallest absolute Gasteiger partial charge is 0.286 e. The lowest BCUT2D eigenvalue weighted by Gasteiger charge is -2.27. The molecule has 0 unspecified atom stereocenters. The van der Waals surface area contributed by atoms with Gasteiger partial charge in [-0.25, -0.2) is 0 Å². The third-order valence-electron chi connectivity index (χ3n) is 4.40. The highest BCUT2D eigenvalue weighted by molar-refractivity contribution is 8.18. The van der Waals surface area contributed by atoms with E-state index in [0.29, 0.717) is 0 Å². The van der Waals surface area contributed by atoms with Crippen molar-refractivity contribution in [2.45, 2.75) is 40.0 Å². The number of aliphatic imine (C=N–C) groups is 1. The van der Waals surface area contributed by atoms with Crippen LogP contribution >= 0.6 is 11.8 Å². The van der Waals surface area contributed by atoms with Crippen LogP contribution in [0.1, 0.15) is 41.5 Å². The van der Waals surface area contributed by atoms with E-state index in [1.807, 2.05) is 6.08 Å². The summed E-state index contributed by atoms with van der Waals surface area (Å²) in [5, 5.41) is 0.887. The monoisotopic (exact) mass is 314 g/mol. The zero-order valence-electron chi connectivity index (χ0n) is 13.5. The number of amides is 1. The molecule has 1 aromatic carbocycles. The highest BCUT2D eigenvalue weighted by atomic mass is 32.2. The number of hydrogen-bond acceptors (Lipinski definition) is 3. The molecular weight excluding hydrogens is 292 g/mol. The standard InChI is InChI=1S/C18H22N2OS/c1-12-9-14(3)15(10-13(12)2)11-16-17(21)19-18(22-16)20-7-5-4-6-8-20/h9-11H,4-8H2,1-3H3/b16-11-. The average Bonchev–Trinajstić information content (AvgIpc) is 2.87. The second-order valence-corrected chi connectivity index (χ2v) is 7.16. The second-order valence-electron chi connectivity index (χ2n) is 6.15. The minimum Gasteiger partial charge on any atom is -0.351 e. The third kappa shape index (κ3) is 3.12. The van der Waals surface area contributed by atoms with Gasteiger partial charge in [-0.3, -0.25) is 4.79 Å². The number of nitrogens with zero attached hydrogens (tertiary/aromatic N) is 2. The highest BCUT2D eigenvalue weighted by Crippen LogP contribution is 2.32. The Morgan fingerprint density at radius 1 is 1.05 bits per heavy atom. The van der Waals surface area contributed by atoms with Crippen LogP contribution in [0.5, 0.6) is 0 Å². The second kappa shape index (κ2) is 6.29. The maximum absolute atomic E-state index is 12.2. The van der Waals surface area contributed by atoms with Gasteiger partial charge in [0, 0.05) is 13.1 Å². The predicted octanol–water partition coefficient (Wildman–Crippen LogP) is 4.07. The molecule has 1 aromatic rings. The van der Waals surface area contributed by atoms with Crippen molar-refractivity contribution in [3.63, 3.8) is 0 Å². The Morgan fingerprint density at radius 2 is 1.73 bits per heavy atom. The van der Waals surface area contributed by atoms with Crippen molar-refractivity contribution >= 4 is 28.9 Å². The van der Waals surface area contributed by atoms with Gasteiger partial charge in [0.15, 0.2) is 5.17 Å². The van der Waals surface area contributed by atoms with Crippen molar-refractivity contribution < 1.29 is 4.79 Å². The molecule has 4 heteroatoms. The molecule has 0 saturated carbocycles. The number of carbonyl (C=O) groups is 1. The molecule has 2 aliphatic rings. The van der Waals surface area contributed by atoms with E-state index in [-0.39, 0.29) is 5.91 Å². The number of hydrogen-bond donors (Lipinski definition) is 0. The summed E-state index contributed by atoms with van der Waals surface area (Å²) in [6.07, 6.45) is 5.67. The fourth-order valence-electron chi connectivity index (χ4n) is 2.90. The molecule has 0 aliphatic carbocycles. The van der Waals surface area contributed by atoms with Crippen molar-refractivity contribution in [2.24, 2.45) is 4.99 Å². The van der Waals surface area contributed by atoms with E-state index in [1.54, 1.807) is 0 Å². The van der Waals surface area contributed by atoms with E-state index in [1.165, 1.54) is 47.7 Å². The first-order valence-corrected chi connectivity index (χ1v) is 8.71. The van der Waals surface area contributed by atoms with Gasteiger partial charge < -0.3 is 4.90 Å². The molecule has 0 radical (unpaired) electrons. The maximum Gasteiger partial charge on any atom is 0.286 e. The molecule has 2 aliphatic heterocycles. The molecular formula is C18H22N2OS. The van der Waals surface area contributed by atoms with Crippen LogP contribution in [0.25, 0.3) is 6.08 Å². The molecule has 3 rings (SSSR count). The number of likely N-dealkylation sites (tertiary alicyclic amines) is 1. The van der Waals surface area contributed by atoms with Gasteiger partial charge in [0.05, 0.1) is 4.91 Å². The fraction of sp³-hybridized carbons (Fsp3) is 0.444. The van der Waals surface area contributed by atoms with E-state index in [2.05, 4.69) is 42.8 Å². The van der Waals surface area contributed by atoms with Crippen LogP contribution in [0.15, 0.2) is 22.0 Å².